The first kappa shape index (κ1) is 20.3. The number of piperazine rings is 1. The third-order valence-electron chi connectivity index (χ3n) is 5.74. The molecule has 4 rings (SSSR count). The Morgan fingerprint density at radius 3 is 2.83 bits per heavy atom. The molecule has 1 saturated heterocycles. The molecule has 2 heterocycles. The molecule has 9 heteroatoms. The second-order valence-corrected chi connectivity index (χ2v) is 8.50. The van der Waals surface area contributed by atoms with Crippen molar-refractivity contribution >= 4 is 33.4 Å². The number of Topliss-reactive ketones (excluding diaryl/α,β-unsaturated/α-hetero) is 1. The topological polar surface area (TPSA) is 49.9 Å². The van der Waals surface area contributed by atoms with Crippen LogP contribution in [-0.4, -0.2) is 48.3 Å². The first-order chi connectivity index (χ1) is 13.7. The van der Waals surface area contributed by atoms with E-state index in [2.05, 4.69) is 15.9 Å². The van der Waals surface area contributed by atoms with E-state index in [1.807, 2.05) is 4.90 Å². The molecule has 0 aromatic heterocycles. The van der Waals surface area contributed by atoms with Gasteiger partial charge in [-0.2, -0.15) is 0 Å². The van der Waals surface area contributed by atoms with Crippen LogP contribution in [0, 0.1) is 5.82 Å². The molecule has 1 atom stereocenters. The summed E-state index contributed by atoms with van der Waals surface area (Å²) in [6.07, 6.45) is -0.601. The second-order valence-electron chi connectivity index (χ2n) is 7.64. The molecule has 0 radical (unpaired) electrons. The Morgan fingerprint density at radius 1 is 1.34 bits per heavy atom. The van der Waals surface area contributed by atoms with Gasteiger partial charge in [0.25, 0.3) is 5.92 Å². The number of alkyl halides is 2. The smallest absolute Gasteiger partial charge is 0.302 e. The van der Waals surface area contributed by atoms with E-state index in [9.17, 15) is 22.8 Å². The summed E-state index contributed by atoms with van der Waals surface area (Å²) in [6.45, 7) is 2.35. The molecule has 1 aromatic rings. The summed E-state index contributed by atoms with van der Waals surface area (Å²) in [5.74, 6) is -3.82. The SMILES string of the molecule is CC(=O)OCc1c(Br)cc(F)cc1N1CCN2C3=C(CCC(F)(F)C3)C(=O)C2C1. The lowest BCUT2D eigenvalue weighted by Gasteiger charge is -2.41. The number of ketones is 1. The van der Waals surface area contributed by atoms with Gasteiger partial charge in [-0.1, -0.05) is 15.9 Å². The maximum absolute atomic E-state index is 14.1. The molecule has 5 nitrogen and oxygen atoms in total. The Bertz CT molecular complexity index is 918. The van der Waals surface area contributed by atoms with E-state index in [0.717, 1.165) is 0 Å². The lowest BCUT2D eigenvalue weighted by Crippen LogP contribution is -2.53. The van der Waals surface area contributed by atoms with E-state index in [4.69, 9.17) is 4.74 Å². The zero-order valence-corrected chi connectivity index (χ0v) is 17.4. The minimum Gasteiger partial charge on any atom is -0.461 e. The van der Waals surface area contributed by atoms with Gasteiger partial charge in [0.2, 0.25) is 0 Å². The fourth-order valence-electron chi connectivity index (χ4n) is 4.37. The fraction of sp³-hybridized carbons (Fsp3) is 0.500. The summed E-state index contributed by atoms with van der Waals surface area (Å²) in [5, 5.41) is 0. The Balaban J connectivity index is 1.60. The van der Waals surface area contributed by atoms with Gasteiger partial charge in [-0.05, 0) is 18.6 Å². The van der Waals surface area contributed by atoms with Crippen molar-refractivity contribution in [3.8, 4) is 0 Å². The summed E-state index contributed by atoms with van der Waals surface area (Å²) >= 11 is 3.32. The van der Waals surface area contributed by atoms with Crippen molar-refractivity contribution in [3.63, 3.8) is 0 Å². The molecule has 1 fully saturated rings. The van der Waals surface area contributed by atoms with Crippen LogP contribution in [0.5, 0.6) is 0 Å². The van der Waals surface area contributed by atoms with E-state index in [-0.39, 0.29) is 31.8 Å². The molecule has 1 aliphatic carbocycles. The van der Waals surface area contributed by atoms with Crippen molar-refractivity contribution in [1.82, 2.24) is 4.90 Å². The Labute approximate surface area is 174 Å². The van der Waals surface area contributed by atoms with Gasteiger partial charge in [-0.3, -0.25) is 9.59 Å². The van der Waals surface area contributed by atoms with Crippen molar-refractivity contribution in [2.75, 3.05) is 24.5 Å². The van der Waals surface area contributed by atoms with Crippen molar-refractivity contribution in [2.45, 2.75) is 44.8 Å². The highest BCUT2D eigenvalue weighted by Gasteiger charge is 2.48. The third-order valence-corrected chi connectivity index (χ3v) is 6.45. The Hall–Kier alpha value is -2.03. The third kappa shape index (κ3) is 3.76. The Morgan fingerprint density at radius 2 is 2.10 bits per heavy atom. The number of carbonyl (C=O) groups excluding carboxylic acids is 2. The highest BCUT2D eigenvalue weighted by molar-refractivity contribution is 9.10. The number of nitrogens with zero attached hydrogens (tertiary/aromatic N) is 2. The quantitative estimate of drug-likeness (QED) is 0.626. The number of allylic oxidation sites excluding steroid dienone is 1. The number of carbonyl (C=O) groups is 2. The number of anilines is 1. The maximum Gasteiger partial charge on any atom is 0.302 e. The Kier molecular flexibility index (Phi) is 5.13. The number of hydrogen-bond donors (Lipinski definition) is 0. The zero-order valence-electron chi connectivity index (χ0n) is 15.8. The predicted molar refractivity (Wildman–Crippen MR) is 103 cm³/mol. The number of fused-ring (bicyclic) bond motifs is 2. The molecule has 0 amide bonds. The normalized spacial score (nSPS) is 23.2. The van der Waals surface area contributed by atoms with E-state index in [1.165, 1.54) is 19.1 Å². The van der Waals surface area contributed by atoms with Crippen molar-refractivity contribution in [3.05, 3.63) is 39.3 Å². The van der Waals surface area contributed by atoms with Crippen LogP contribution in [-0.2, 0) is 20.9 Å². The number of esters is 1. The summed E-state index contributed by atoms with van der Waals surface area (Å²) in [7, 11) is 0. The first-order valence-electron chi connectivity index (χ1n) is 9.43. The van der Waals surface area contributed by atoms with Gasteiger partial charge in [0.05, 0.1) is 6.42 Å². The van der Waals surface area contributed by atoms with Crippen molar-refractivity contribution in [2.24, 2.45) is 0 Å². The monoisotopic (exact) mass is 472 g/mol. The molecule has 3 aliphatic rings. The number of rotatable bonds is 3. The largest absolute Gasteiger partial charge is 0.461 e. The number of halogens is 4. The average molecular weight is 473 g/mol. The van der Waals surface area contributed by atoms with Crippen molar-refractivity contribution in [1.29, 1.82) is 0 Å². The van der Waals surface area contributed by atoms with E-state index < -0.39 is 30.2 Å². The molecular weight excluding hydrogens is 453 g/mol. The average Bonchev–Trinajstić information content (AvgIpc) is 2.90. The van der Waals surface area contributed by atoms with Crippen LogP contribution >= 0.6 is 15.9 Å². The summed E-state index contributed by atoms with van der Waals surface area (Å²) in [5.41, 5.74) is 2.12. The molecule has 1 aromatic carbocycles. The molecule has 0 saturated carbocycles. The second kappa shape index (κ2) is 7.34. The van der Waals surface area contributed by atoms with Gasteiger partial charge < -0.3 is 14.5 Å². The van der Waals surface area contributed by atoms with Gasteiger partial charge in [0, 0.05) is 60.0 Å². The van der Waals surface area contributed by atoms with Crippen LogP contribution in [0.25, 0.3) is 0 Å². The lowest BCUT2D eigenvalue weighted by molar-refractivity contribution is -0.142. The van der Waals surface area contributed by atoms with Gasteiger partial charge >= 0.3 is 5.97 Å². The molecule has 2 aliphatic heterocycles. The van der Waals surface area contributed by atoms with E-state index >= 15 is 0 Å². The van der Waals surface area contributed by atoms with Gasteiger partial charge in [0.1, 0.15) is 18.5 Å². The molecular formula is C20H20BrF3N2O3. The van der Waals surface area contributed by atoms with Gasteiger partial charge in [-0.15, -0.1) is 0 Å². The molecule has 1 unspecified atom stereocenters. The summed E-state index contributed by atoms with van der Waals surface area (Å²) < 4.78 is 47.4. The zero-order chi connectivity index (χ0) is 20.9. The molecule has 0 bridgehead atoms. The van der Waals surface area contributed by atoms with Crippen LogP contribution in [0.3, 0.4) is 0 Å². The van der Waals surface area contributed by atoms with Crippen LogP contribution in [0.4, 0.5) is 18.9 Å². The summed E-state index contributed by atoms with van der Waals surface area (Å²) in [6, 6.07) is 2.09. The van der Waals surface area contributed by atoms with Crippen LogP contribution in [0.15, 0.2) is 27.9 Å². The van der Waals surface area contributed by atoms with Crippen molar-refractivity contribution < 1.29 is 27.5 Å². The first-order valence-corrected chi connectivity index (χ1v) is 10.2. The maximum atomic E-state index is 14.1. The summed E-state index contributed by atoms with van der Waals surface area (Å²) in [4.78, 5) is 27.8. The predicted octanol–water partition coefficient (Wildman–Crippen LogP) is 3.80. The van der Waals surface area contributed by atoms with Crippen LogP contribution in [0.2, 0.25) is 0 Å². The van der Waals surface area contributed by atoms with Gasteiger partial charge in [0.15, 0.2) is 5.78 Å². The molecule has 156 valence electrons. The van der Waals surface area contributed by atoms with Crippen LogP contribution < -0.4 is 4.90 Å². The lowest BCUT2D eigenvalue weighted by atomic mass is 9.92. The molecule has 0 spiro atoms. The minimum atomic E-state index is -2.78. The van der Waals surface area contributed by atoms with Gasteiger partial charge in [-0.25, -0.2) is 13.2 Å². The van der Waals surface area contributed by atoms with Crippen LogP contribution in [0.1, 0.15) is 31.7 Å². The highest BCUT2D eigenvalue weighted by Crippen LogP contribution is 2.44. The minimum absolute atomic E-state index is 0.0364. The fourth-order valence-corrected chi connectivity index (χ4v) is 4.91. The van der Waals surface area contributed by atoms with E-state index in [0.29, 0.717) is 40.1 Å². The highest BCUT2D eigenvalue weighted by atomic mass is 79.9. The number of hydrogen-bond acceptors (Lipinski definition) is 5. The van der Waals surface area contributed by atoms with E-state index in [1.54, 1.807) is 4.90 Å². The number of benzene rings is 1. The molecule has 0 N–H and O–H groups in total. The standard InChI is InChI=1S/C20H20BrF3N2O3/c1-11(27)29-10-14-15(21)6-12(22)7-16(14)25-4-5-26-17-8-20(23,24)3-2-13(17)19(28)18(26)9-25/h6-7,18H,2-5,8-10H2,1H3. The molecule has 29 heavy (non-hydrogen) atoms. The number of ether oxygens (including phenoxy) is 1.